The summed E-state index contributed by atoms with van der Waals surface area (Å²) in [6.45, 7) is 6.19. The van der Waals surface area contributed by atoms with E-state index in [1.807, 2.05) is 18.9 Å². The average Bonchev–Trinajstić information content (AvgIpc) is 3.48. The maximum absolute atomic E-state index is 13.5. The summed E-state index contributed by atoms with van der Waals surface area (Å²) in [6.07, 6.45) is 5.31. The minimum atomic E-state index is -0.541. The second-order valence-electron chi connectivity index (χ2n) is 8.31. The quantitative estimate of drug-likeness (QED) is 0.740. The highest BCUT2D eigenvalue weighted by atomic mass is 16.5. The molecule has 2 aromatic rings. The molecule has 0 N–H and O–H groups in total. The summed E-state index contributed by atoms with van der Waals surface area (Å²) in [6, 6.07) is 1.81. The topological polar surface area (TPSA) is 92.7 Å². The standard InChI is InChI=1S/C21H28N4O4/c1-5-21(20(27)24(4)10-8-17-22-14(3)29-23-17)12-15-6-7-16(21)25(15)19(26)18-13(2)9-11-28-18/h9,11,15-16H,5-8,10,12H2,1-4H3/t15-,16+,21+/m1/s1. The van der Waals surface area contributed by atoms with Crippen molar-refractivity contribution in [2.24, 2.45) is 5.41 Å². The monoisotopic (exact) mass is 400 g/mol. The molecule has 4 heterocycles. The van der Waals surface area contributed by atoms with Crippen LogP contribution in [0.5, 0.6) is 0 Å². The molecule has 2 bridgehead atoms. The van der Waals surface area contributed by atoms with E-state index >= 15 is 0 Å². The number of fused-ring (bicyclic) bond motifs is 2. The fourth-order valence-corrected chi connectivity index (χ4v) is 5.15. The van der Waals surface area contributed by atoms with Crippen molar-refractivity contribution in [2.45, 2.75) is 65.0 Å². The Morgan fingerprint density at radius 3 is 2.76 bits per heavy atom. The molecule has 0 aromatic carbocycles. The van der Waals surface area contributed by atoms with Gasteiger partial charge in [-0.3, -0.25) is 9.59 Å². The molecule has 8 heteroatoms. The lowest BCUT2D eigenvalue weighted by Crippen LogP contribution is -2.50. The van der Waals surface area contributed by atoms with Crippen LogP contribution in [0.15, 0.2) is 21.3 Å². The molecule has 4 rings (SSSR count). The van der Waals surface area contributed by atoms with Crippen LogP contribution in [-0.2, 0) is 11.2 Å². The number of hydrogen-bond donors (Lipinski definition) is 0. The van der Waals surface area contributed by atoms with Crippen LogP contribution in [0, 0.1) is 19.3 Å². The minimum absolute atomic E-state index is 0.0862. The summed E-state index contributed by atoms with van der Waals surface area (Å²) < 4.78 is 10.5. The predicted octanol–water partition coefficient (Wildman–Crippen LogP) is 2.75. The Kier molecular flexibility index (Phi) is 4.96. The lowest BCUT2D eigenvalue weighted by molar-refractivity contribution is -0.142. The number of rotatable bonds is 6. The number of aromatic nitrogens is 2. The number of likely N-dealkylation sites (N-methyl/N-ethyl adjacent to an activating group) is 1. The van der Waals surface area contributed by atoms with E-state index in [-0.39, 0.29) is 23.9 Å². The molecule has 0 unspecified atom stereocenters. The minimum Gasteiger partial charge on any atom is -0.459 e. The van der Waals surface area contributed by atoms with E-state index in [1.54, 1.807) is 24.2 Å². The van der Waals surface area contributed by atoms with Crippen LogP contribution in [0.1, 0.15) is 60.4 Å². The largest absolute Gasteiger partial charge is 0.459 e. The maximum Gasteiger partial charge on any atom is 0.290 e. The first-order valence-electron chi connectivity index (χ1n) is 10.3. The van der Waals surface area contributed by atoms with E-state index in [9.17, 15) is 9.59 Å². The lowest BCUT2D eigenvalue weighted by Gasteiger charge is -2.38. The van der Waals surface area contributed by atoms with Crippen LogP contribution in [0.2, 0.25) is 0 Å². The molecule has 0 saturated carbocycles. The van der Waals surface area contributed by atoms with Crippen molar-refractivity contribution >= 4 is 11.8 Å². The molecule has 2 aliphatic heterocycles. The first kappa shape index (κ1) is 19.7. The van der Waals surface area contributed by atoms with Gasteiger partial charge in [-0.15, -0.1) is 0 Å². The summed E-state index contributed by atoms with van der Waals surface area (Å²) in [5, 5.41) is 3.90. The van der Waals surface area contributed by atoms with E-state index in [0.717, 1.165) is 18.4 Å². The molecule has 8 nitrogen and oxygen atoms in total. The zero-order valence-electron chi connectivity index (χ0n) is 17.5. The molecule has 2 fully saturated rings. The van der Waals surface area contributed by atoms with Gasteiger partial charge in [0.2, 0.25) is 11.8 Å². The van der Waals surface area contributed by atoms with E-state index in [0.29, 0.717) is 43.3 Å². The highest BCUT2D eigenvalue weighted by Crippen LogP contribution is 2.53. The summed E-state index contributed by atoms with van der Waals surface area (Å²) in [4.78, 5) is 34.6. The Hall–Kier alpha value is -2.64. The van der Waals surface area contributed by atoms with Crippen molar-refractivity contribution in [3.63, 3.8) is 0 Å². The summed E-state index contributed by atoms with van der Waals surface area (Å²) in [5.41, 5.74) is 0.295. The van der Waals surface area contributed by atoms with Crippen molar-refractivity contribution in [3.8, 4) is 0 Å². The van der Waals surface area contributed by atoms with Gasteiger partial charge in [0, 0.05) is 44.6 Å². The van der Waals surface area contributed by atoms with Gasteiger partial charge in [0.15, 0.2) is 11.6 Å². The van der Waals surface area contributed by atoms with E-state index in [4.69, 9.17) is 8.94 Å². The number of hydrogen-bond acceptors (Lipinski definition) is 6. The van der Waals surface area contributed by atoms with Crippen LogP contribution in [-0.4, -0.2) is 57.4 Å². The van der Waals surface area contributed by atoms with Crippen molar-refractivity contribution in [1.29, 1.82) is 0 Å². The summed E-state index contributed by atoms with van der Waals surface area (Å²) in [5.74, 6) is 1.52. The Bertz CT molecular complexity index is 919. The highest BCUT2D eigenvalue weighted by molar-refractivity contribution is 5.95. The molecule has 0 aliphatic carbocycles. The van der Waals surface area contributed by atoms with Gasteiger partial charge in [-0.2, -0.15) is 4.98 Å². The summed E-state index contributed by atoms with van der Waals surface area (Å²) >= 11 is 0. The van der Waals surface area contributed by atoms with Gasteiger partial charge in [-0.05, 0) is 38.7 Å². The summed E-state index contributed by atoms with van der Waals surface area (Å²) in [7, 11) is 1.82. The third-order valence-electron chi connectivity index (χ3n) is 6.68. The Morgan fingerprint density at radius 1 is 1.34 bits per heavy atom. The van der Waals surface area contributed by atoms with Crippen LogP contribution >= 0.6 is 0 Å². The number of amides is 2. The first-order valence-corrected chi connectivity index (χ1v) is 10.3. The fourth-order valence-electron chi connectivity index (χ4n) is 5.15. The molecule has 2 aliphatic rings. The molecule has 0 spiro atoms. The Balaban J connectivity index is 1.51. The molecular weight excluding hydrogens is 372 g/mol. The highest BCUT2D eigenvalue weighted by Gasteiger charge is 2.61. The fraction of sp³-hybridized carbons (Fsp3) is 0.619. The third-order valence-corrected chi connectivity index (χ3v) is 6.68. The van der Waals surface area contributed by atoms with E-state index in [1.165, 1.54) is 0 Å². The van der Waals surface area contributed by atoms with Crippen molar-refractivity contribution in [2.75, 3.05) is 13.6 Å². The van der Waals surface area contributed by atoms with Crippen molar-refractivity contribution in [1.82, 2.24) is 19.9 Å². The maximum atomic E-state index is 13.5. The smallest absolute Gasteiger partial charge is 0.290 e. The van der Waals surface area contributed by atoms with Gasteiger partial charge >= 0.3 is 0 Å². The molecule has 2 aromatic heterocycles. The molecular formula is C21H28N4O4. The molecule has 2 saturated heterocycles. The van der Waals surface area contributed by atoms with Crippen molar-refractivity contribution in [3.05, 3.63) is 35.4 Å². The van der Waals surface area contributed by atoms with Crippen LogP contribution in [0.3, 0.4) is 0 Å². The zero-order valence-corrected chi connectivity index (χ0v) is 17.5. The number of aryl methyl sites for hydroxylation is 2. The van der Waals surface area contributed by atoms with Gasteiger partial charge in [0.05, 0.1) is 11.7 Å². The Morgan fingerprint density at radius 2 is 2.14 bits per heavy atom. The molecule has 156 valence electrons. The van der Waals surface area contributed by atoms with E-state index < -0.39 is 5.41 Å². The molecule has 29 heavy (non-hydrogen) atoms. The molecule has 2 amide bonds. The lowest BCUT2D eigenvalue weighted by atomic mass is 9.71. The second-order valence-corrected chi connectivity index (χ2v) is 8.31. The van der Waals surface area contributed by atoms with Crippen LogP contribution in [0.4, 0.5) is 0 Å². The van der Waals surface area contributed by atoms with Gasteiger partial charge in [-0.1, -0.05) is 12.1 Å². The average molecular weight is 400 g/mol. The number of carbonyl (C=O) groups excluding carboxylic acids is 2. The van der Waals surface area contributed by atoms with Gasteiger partial charge in [0.25, 0.3) is 5.91 Å². The third kappa shape index (κ3) is 3.14. The first-order chi connectivity index (χ1) is 13.9. The molecule has 0 radical (unpaired) electrons. The van der Waals surface area contributed by atoms with Gasteiger partial charge < -0.3 is 18.7 Å². The van der Waals surface area contributed by atoms with Crippen molar-refractivity contribution < 1.29 is 18.5 Å². The SMILES string of the molecule is CC[C@]1(C(=O)N(C)CCc2noc(C)n2)C[C@H]2CC[C@@H]1N2C(=O)c1occc1C. The van der Waals surface area contributed by atoms with E-state index in [2.05, 4.69) is 17.1 Å². The zero-order chi connectivity index (χ0) is 20.8. The normalized spacial score (nSPS) is 25.6. The second kappa shape index (κ2) is 7.31. The van der Waals surface area contributed by atoms with Gasteiger partial charge in [0.1, 0.15) is 0 Å². The van der Waals surface area contributed by atoms with Crippen LogP contribution in [0.25, 0.3) is 0 Å². The number of furan rings is 1. The van der Waals surface area contributed by atoms with Crippen LogP contribution < -0.4 is 0 Å². The van der Waals surface area contributed by atoms with Gasteiger partial charge in [-0.25, -0.2) is 0 Å². The Labute approximate surface area is 170 Å². The predicted molar refractivity (Wildman–Crippen MR) is 104 cm³/mol. The number of carbonyl (C=O) groups is 2. The molecule has 3 atom stereocenters. The number of nitrogens with zero attached hydrogens (tertiary/aromatic N) is 4.